The summed E-state index contributed by atoms with van der Waals surface area (Å²) in [5.41, 5.74) is -1.95. The van der Waals surface area contributed by atoms with Crippen molar-refractivity contribution in [2.45, 2.75) is 28.5 Å². The minimum Gasteiger partial charge on any atom is -0.491 e. The van der Waals surface area contributed by atoms with Gasteiger partial charge in [-0.3, -0.25) is 24.1 Å². The summed E-state index contributed by atoms with van der Waals surface area (Å²) < 4.78 is 79.2. The normalized spacial score (nSPS) is 28.1. The van der Waals surface area contributed by atoms with Crippen LogP contribution in [-0.2, 0) is 19.2 Å². The third-order valence-corrected chi connectivity index (χ3v) is 11.6. The Morgan fingerprint density at radius 1 is 0.846 bits per heavy atom. The molecule has 3 aromatic carbocycles. The molecule has 0 aromatic heterocycles. The molecule has 0 spiro atoms. The third kappa shape index (κ3) is 4.68. The summed E-state index contributed by atoms with van der Waals surface area (Å²) in [6.45, 7) is -0.750. The smallest absolute Gasteiger partial charge is 0.335 e. The number of imide groups is 2. The number of aromatic carboxylic acids is 1. The standard InChI is InChI=1S/C35H23Cl2F5N2O8/c36-34-13-19-16(8-9-18-21(19)30(47)43(29(18)46)15-5-3-4-14(12-15)31(48)49)22(17-6-1-2-7-20(17)52-11-10-45)35(34,37)33(51)44(32(34)50)28-26(41)24(39)23(38)25(40)27(28)42/h1-8,12,18-19,21-22,45H,9-11,13H2,(H,48,49). The summed E-state index contributed by atoms with van der Waals surface area (Å²) in [6, 6.07) is 10.9. The van der Waals surface area contributed by atoms with Crippen molar-refractivity contribution in [1.29, 1.82) is 0 Å². The van der Waals surface area contributed by atoms with E-state index in [9.17, 15) is 47.4 Å². The number of fused-ring (bicyclic) bond motifs is 4. The predicted molar refractivity (Wildman–Crippen MR) is 171 cm³/mol. The summed E-state index contributed by atoms with van der Waals surface area (Å²) in [6.07, 6.45) is 0.666. The van der Waals surface area contributed by atoms with E-state index in [0.29, 0.717) is 0 Å². The number of carboxylic acid groups (broad SMARTS) is 1. The first kappa shape index (κ1) is 35.5. The number of carbonyl (C=O) groups is 5. The summed E-state index contributed by atoms with van der Waals surface area (Å²) >= 11 is 14.3. The molecule has 3 aromatic rings. The van der Waals surface area contributed by atoms with E-state index in [0.717, 1.165) is 11.0 Å². The number of para-hydroxylation sites is 1. The number of anilines is 2. The quantitative estimate of drug-likeness (QED) is 0.0834. The molecule has 6 atom stereocenters. The van der Waals surface area contributed by atoms with Crippen molar-refractivity contribution in [3.8, 4) is 5.75 Å². The maximum atomic E-state index is 15.3. The van der Waals surface area contributed by atoms with Crippen molar-refractivity contribution in [2.24, 2.45) is 17.8 Å². The van der Waals surface area contributed by atoms with E-state index >= 15 is 8.78 Å². The van der Waals surface area contributed by atoms with Crippen LogP contribution in [0.2, 0.25) is 0 Å². The number of rotatable bonds is 7. The average molecular weight is 765 g/mol. The van der Waals surface area contributed by atoms with E-state index < -0.39 is 111 Å². The van der Waals surface area contributed by atoms with Gasteiger partial charge in [0.05, 0.1) is 29.7 Å². The predicted octanol–water partition coefficient (Wildman–Crippen LogP) is 5.22. The molecule has 270 valence electrons. The zero-order chi connectivity index (χ0) is 37.6. The van der Waals surface area contributed by atoms with Crippen LogP contribution in [0.3, 0.4) is 0 Å². The maximum absolute atomic E-state index is 15.3. The highest BCUT2D eigenvalue weighted by Gasteiger charge is 2.77. The second kappa shape index (κ2) is 12.4. The fourth-order valence-electron chi connectivity index (χ4n) is 7.95. The molecule has 17 heteroatoms. The van der Waals surface area contributed by atoms with Crippen LogP contribution in [0.1, 0.15) is 34.7 Å². The molecular formula is C35H23Cl2F5N2O8. The van der Waals surface area contributed by atoms with E-state index in [1.54, 1.807) is 0 Å². The molecule has 4 amide bonds. The SMILES string of the molecule is O=C(O)c1cccc(N2C(=O)C3CC=C4C(CC5(Cl)C(=O)N(c6c(F)c(F)c(F)c(F)c6F)C(=O)C5(Cl)C4c4ccccc4OCCO)C3C2=O)c1. The summed E-state index contributed by atoms with van der Waals surface area (Å²) in [4.78, 5) is 63.6. The van der Waals surface area contributed by atoms with E-state index in [2.05, 4.69) is 0 Å². The van der Waals surface area contributed by atoms with Crippen molar-refractivity contribution in [2.75, 3.05) is 23.0 Å². The van der Waals surface area contributed by atoms with Gasteiger partial charge in [-0.05, 0) is 43.0 Å². The zero-order valence-electron chi connectivity index (χ0n) is 26.2. The van der Waals surface area contributed by atoms with Gasteiger partial charge in [-0.25, -0.2) is 31.6 Å². The molecule has 2 aliphatic carbocycles. The van der Waals surface area contributed by atoms with Gasteiger partial charge in [-0.2, -0.15) is 0 Å². The first-order chi connectivity index (χ1) is 24.6. The van der Waals surface area contributed by atoms with Crippen LogP contribution < -0.4 is 14.5 Å². The van der Waals surface area contributed by atoms with Crippen molar-refractivity contribution in [3.05, 3.63) is 100 Å². The minimum absolute atomic E-state index is 0.000123. The van der Waals surface area contributed by atoms with Gasteiger partial charge in [0.2, 0.25) is 17.6 Å². The Morgan fingerprint density at radius 2 is 1.50 bits per heavy atom. The van der Waals surface area contributed by atoms with Crippen LogP contribution in [-0.4, -0.2) is 62.8 Å². The molecule has 0 bridgehead atoms. The van der Waals surface area contributed by atoms with Crippen LogP contribution in [0.4, 0.5) is 33.3 Å². The summed E-state index contributed by atoms with van der Waals surface area (Å²) in [5, 5.41) is 19.0. The van der Waals surface area contributed by atoms with Gasteiger partial charge < -0.3 is 14.9 Å². The molecule has 0 radical (unpaired) electrons. The van der Waals surface area contributed by atoms with E-state index in [4.69, 9.17) is 27.9 Å². The van der Waals surface area contributed by atoms with E-state index in [1.165, 1.54) is 48.5 Å². The van der Waals surface area contributed by atoms with Crippen LogP contribution >= 0.6 is 23.2 Å². The number of ether oxygens (including phenoxy) is 1. The Hall–Kier alpha value is -4.86. The number of aliphatic hydroxyl groups excluding tert-OH is 1. The Morgan fingerprint density at radius 3 is 2.15 bits per heavy atom. The number of amides is 4. The van der Waals surface area contributed by atoms with Crippen LogP contribution in [0.5, 0.6) is 5.75 Å². The summed E-state index contributed by atoms with van der Waals surface area (Å²) in [5.74, 6) is -23.8. The molecule has 2 N–H and O–H groups in total. The highest BCUT2D eigenvalue weighted by molar-refractivity contribution is 6.58. The lowest BCUT2D eigenvalue weighted by atomic mass is 9.56. The largest absolute Gasteiger partial charge is 0.491 e. The molecule has 2 aliphatic heterocycles. The van der Waals surface area contributed by atoms with Gasteiger partial charge in [0, 0.05) is 11.5 Å². The topological polar surface area (TPSA) is 142 Å². The average Bonchev–Trinajstić information content (AvgIpc) is 3.47. The van der Waals surface area contributed by atoms with Gasteiger partial charge in [0.1, 0.15) is 18.0 Å². The molecule has 2 saturated heterocycles. The minimum atomic E-state index is -2.76. The number of hydrogen-bond donors (Lipinski definition) is 2. The highest BCUT2D eigenvalue weighted by Crippen LogP contribution is 2.66. The van der Waals surface area contributed by atoms with Crippen molar-refractivity contribution < 1.29 is 60.9 Å². The lowest BCUT2D eigenvalue weighted by Crippen LogP contribution is -2.60. The number of aliphatic hydroxyl groups is 1. The lowest BCUT2D eigenvalue weighted by Gasteiger charge is -2.50. The second-order valence-electron chi connectivity index (χ2n) is 12.7. The number of benzene rings is 3. The number of halogens is 7. The van der Waals surface area contributed by atoms with Crippen LogP contribution in [0.25, 0.3) is 0 Å². The third-order valence-electron chi connectivity index (χ3n) is 10.2. The molecule has 1 saturated carbocycles. The van der Waals surface area contributed by atoms with Gasteiger partial charge in [0.15, 0.2) is 33.0 Å². The molecule has 6 unspecified atom stereocenters. The monoisotopic (exact) mass is 764 g/mol. The maximum Gasteiger partial charge on any atom is 0.335 e. The first-order valence-electron chi connectivity index (χ1n) is 15.6. The van der Waals surface area contributed by atoms with Crippen molar-refractivity contribution >= 4 is 64.2 Å². The van der Waals surface area contributed by atoms with E-state index in [-0.39, 0.29) is 46.1 Å². The number of carboxylic acids is 1. The fourth-order valence-corrected chi connectivity index (χ4v) is 8.88. The number of carbonyl (C=O) groups excluding carboxylic acids is 4. The molecule has 2 heterocycles. The molecular weight excluding hydrogens is 742 g/mol. The van der Waals surface area contributed by atoms with Gasteiger partial charge >= 0.3 is 5.97 Å². The van der Waals surface area contributed by atoms with Gasteiger partial charge in [0.25, 0.3) is 11.8 Å². The zero-order valence-corrected chi connectivity index (χ0v) is 27.7. The number of allylic oxidation sites excluding steroid dienone is 2. The number of hydrogen-bond acceptors (Lipinski definition) is 7. The Labute approximate surface area is 300 Å². The summed E-state index contributed by atoms with van der Waals surface area (Å²) in [7, 11) is 0. The number of nitrogens with zero attached hydrogens (tertiary/aromatic N) is 2. The van der Waals surface area contributed by atoms with E-state index in [1.807, 2.05) is 0 Å². The number of alkyl halides is 2. The molecule has 3 fully saturated rings. The molecule has 4 aliphatic rings. The van der Waals surface area contributed by atoms with Gasteiger partial charge in [-0.15, -0.1) is 23.2 Å². The lowest BCUT2D eigenvalue weighted by molar-refractivity contribution is -0.125. The molecule has 10 nitrogen and oxygen atoms in total. The van der Waals surface area contributed by atoms with Crippen LogP contribution in [0.15, 0.2) is 60.2 Å². The highest BCUT2D eigenvalue weighted by atomic mass is 35.5. The Balaban J connectivity index is 1.43. The molecule has 7 rings (SSSR count). The second-order valence-corrected chi connectivity index (χ2v) is 13.9. The Kier molecular flexibility index (Phi) is 8.46. The fraction of sp³-hybridized carbons (Fsp3) is 0.286. The van der Waals surface area contributed by atoms with Crippen molar-refractivity contribution in [1.82, 2.24) is 0 Å². The Bertz CT molecular complexity index is 2140. The molecule has 52 heavy (non-hydrogen) atoms. The van der Waals surface area contributed by atoms with Crippen LogP contribution in [0, 0.1) is 46.8 Å². The van der Waals surface area contributed by atoms with Crippen molar-refractivity contribution in [3.63, 3.8) is 0 Å². The first-order valence-corrected chi connectivity index (χ1v) is 16.4. The van der Waals surface area contributed by atoms with Gasteiger partial charge in [-0.1, -0.05) is 35.9 Å².